The smallest absolute Gasteiger partial charge is 0.0756 e. The van der Waals surface area contributed by atoms with Gasteiger partial charge in [0.25, 0.3) is 0 Å². The van der Waals surface area contributed by atoms with Crippen molar-refractivity contribution < 1.29 is 5.11 Å². The summed E-state index contributed by atoms with van der Waals surface area (Å²) in [6, 6.07) is 1.23. The Bertz CT molecular complexity index is 265. The van der Waals surface area contributed by atoms with Gasteiger partial charge in [-0.3, -0.25) is 4.90 Å². The van der Waals surface area contributed by atoms with Crippen molar-refractivity contribution in [2.24, 2.45) is 11.7 Å². The molecule has 0 radical (unpaired) electrons. The molecule has 2 rings (SSSR count). The number of hydrogen-bond donors (Lipinski definition) is 2. The standard InChI is InChI=1S/C15H30N2O/c1-12(10-15(2,18)11-16)17-9-5-7-13-6-3-4-8-14(13)17/h12-14,18H,3-11,16H2,1-2H3/t12?,13-,14-,15?/m1/s1. The lowest BCUT2D eigenvalue weighted by Gasteiger charge is -2.48. The summed E-state index contributed by atoms with van der Waals surface area (Å²) in [6.45, 7) is 5.70. The van der Waals surface area contributed by atoms with Crippen LogP contribution in [0, 0.1) is 5.92 Å². The number of aliphatic hydroxyl groups is 1. The van der Waals surface area contributed by atoms with E-state index in [1.165, 1.54) is 45.1 Å². The van der Waals surface area contributed by atoms with Gasteiger partial charge in [0.2, 0.25) is 0 Å². The highest BCUT2D eigenvalue weighted by molar-refractivity contribution is 4.91. The van der Waals surface area contributed by atoms with E-state index in [1.54, 1.807) is 0 Å². The molecule has 3 heteroatoms. The highest BCUT2D eigenvalue weighted by atomic mass is 16.3. The highest BCUT2D eigenvalue weighted by Crippen LogP contribution is 2.37. The summed E-state index contributed by atoms with van der Waals surface area (Å²) < 4.78 is 0. The number of rotatable bonds is 4. The lowest BCUT2D eigenvalue weighted by Crippen LogP contribution is -2.53. The van der Waals surface area contributed by atoms with Crippen LogP contribution in [-0.4, -0.2) is 40.8 Å². The van der Waals surface area contributed by atoms with Crippen LogP contribution in [0.1, 0.15) is 58.8 Å². The van der Waals surface area contributed by atoms with E-state index in [-0.39, 0.29) is 0 Å². The number of nitrogens with zero attached hydrogens (tertiary/aromatic N) is 1. The van der Waals surface area contributed by atoms with Gasteiger partial charge in [-0.05, 0) is 58.4 Å². The summed E-state index contributed by atoms with van der Waals surface area (Å²) in [5, 5.41) is 10.2. The van der Waals surface area contributed by atoms with Crippen molar-refractivity contribution in [1.82, 2.24) is 4.90 Å². The van der Waals surface area contributed by atoms with Crippen LogP contribution in [0.4, 0.5) is 0 Å². The first-order valence-corrected chi connectivity index (χ1v) is 7.72. The molecule has 106 valence electrons. The van der Waals surface area contributed by atoms with Gasteiger partial charge in [0.1, 0.15) is 0 Å². The van der Waals surface area contributed by atoms with E-state index in [1.807, 2.05) is 6.92 Å². The second-order valence-corrected chi connectivity index (χ2v) is 6.75. The lowest BCUT2D eigenvalue weighted by molar-refractivity contribution is -0.0147. The Hall–Kier alpha value is -0.120. The SMILES string of the molecule is CC(CC(C)(O)CN)N1CCC[C@H]2CCCC[C@H]21. The van der Waals surface area contributed by atoms with Crippen molar-refractivity contribution in [3.05, 3.63) is 0 Å². The topological polar surface area (TPSA) is 49.5 Å². The molecule has 0 aromatic rings. The summed E-state index contributed by atoms with van der Waals surface area (Å²) in [5.41, 5.74) is 4.94. The summed E-state index contributed by atoms with van der Waals surface area (Å²) in [7, 11) is 0. The van der Waals surface area contributed by atoms with Gasteiger partial charge in [0.05, 0.1) is 5.60 Å². The van der Waals surface area contributed by atoms with Gasteiger partial charge in [0, 0.05) is 18.6 Å². The predicted octanol–water partition coefficient (Wildman–Crippen LogP) is 2.13. The molecule has 2 aliphatic rings. The zero-order valence-electron chi connectivity index (χ0n) is 12.1. The number of hydrogen-bond acceptors (Lipinski definition) is 3. The van der Waals surface area contributed by atoms with Crippen LogP contribution in [0.5, 0.6) is 0 Å². The molecule has 1 heterocycles. The van der Waals surface area contributed by atoms with Crippen LogP contribution >= 0.6 is 0 Å². The molecule has 0 spiro atoms. The predicted molar refractivity (Wildman–Crippen MR) is 75.4 cm³/mol. The molecule has 3 N–H and O–H groups in total. The van der Waals surface area contributed by atoms with Crippen LogP contribution in [0.2, 0.25) is 0 Å². The molecule has 2 fully saturated rings. The maximum absolute atomic E-state index is 10.2. The molecular formula is C15H30N2O. The third kappa shape index (κ3) is 3.25. The van der Waals surface area contributed by atoms with E-state index in [0.717, 1.165) is 18.4 Å². The highest BCUT2D eigenvalue weighted by Gasteiger charge is 2.36. The fraction of sp³-hybridized carbons (Fsp3) is 1.00. The average Bonchev–Trinajstić information content (AvgIpc) is 2.37. The van der Waals surface area contributed by atoms with Gasteiger partial charge in [-0.25, -0.2) is 0 Å². The first-order valence-electron chi connectivity index (χ1n) is 7.72. The molecular weight excluding hydrogens is 224 g/mol. The Kier molecular flexibility index (Phi) is 4.68. The Morgan fingerprint density at radius 1 is 1.28 bits per heavy atom. The second-order valence-electron chi connectivity index (χ2n) is 6.75. The van der Waals surface area contributed by atoms with Gasteiger partial charge < -0.3 is 10.8 Å². The molecule has 1 aliphatic heterocycles. The molecule has 0 amide bonds. The largest absolute Gasteiger partial charge is 0.389 e. The van der Waals surface area contributed by atoms with Crippen molar-refractivity contribution in [2.75, 3.05) is 13.1 Å². The van der Waals surface area contributed by atoms with E-state index < -0.39 is 5.60 Å². The molecule has 0 bridgehead atoms. The van der Waals surface area contributed by atoms with Crippen LogP contribution in [-0.2, 0) is 0 Å². The molecule has 4 atom stereocenters. The summed E-state index contributed by atoms with van der Waals surface area (Å²) in [6.07, 6.45) is 9.13. The quantitative estimate of drug-likeness (QED) is 0.808. The molecule has 2 unspecified atom stereocenters. The Balaban J connectivity index is 1.97. The summed E-state index contributed by atoms with van der Waals surface area (Å²) in [5.74, 6) is 0.915. The van der Waals surface area contributed by atoms with Gasteiger partial charge in [-0.2, -0.15) is 0 Å². The van der Waals surface area contributed by atoms with Crippen molar-refractivity contribution in [3.63, 3.8) is 0 Å². The Labute approximate surface area is 112 Å². The normalized spacial score (nSPS) is 34.7. The summed E-state index contributed by atoms with van der Waals surface area (Å²) in [4.78, 5) is 2.66. The second kappa shape index (κ2) is 5.89. The van der Waals surface area contributed by atoms with Gasteiger partial charge in [0.15, 0.2) is 0 Å². The fourth-order valence-corrected chi connectivity index (χ4v) is 4.05. The van der Waals surface area contributed by atoms with Crippen LogP contribution < -0.4 is 5.73 Å². The monoisotopic (exact) mass is 254 g/mol. The first kappa shape index (κ1) is 14.3. The number of piperidine rings is 1. The minimum absolute atomic E-state index is 0.360. The molecule has 1 saturated carbocycles. The van der Waals surface area contributed by atoms with Crippen LogP contribution in [0.15, 0.2) is 0 Å². The van der Waals surface area contributed by atoms with Crippen molar-refractivity contribution >= 4 is 0 Å². The number of nitrogens with two attached hydrogens (primary N) is 1. The van der Waals surface area contributed by atoms with E-state index in [9.17, 15) is 5.11 Å². The van der Waals surface area contributed by atoms with E-state index >= 15 is 0 Å². The number of likely N-dealkylation sites (tertiary alicyclic amines) is 1. The van der Waals surface area contributed by atoms with Gasteiger partial charge >= 0.3 is 0 Å². The first-order chi connectivity index (χ1) is 8.53. The van der Waals surface area contributed by atoms with Gasteiger partial charge in [-0.15, -0.1) is 0 Å². The molecule has 0 aromatic heterocycles. The molecule has 0 aromatic carbocycles. The maximum Gasteiger partial charge on any atom is 0.0756 e. The zero-order chi connectivity index (χ0) is 13.2. The third-order valence-electron chi connectivity index (χ3n) is 5.03. The lowest BCUT2D eigenvalue weighted by atomic mass is 9.77. The maximum atomic E-state index is 10.2. The fourth-order valence-electron chi connectivity index (χ4n) is 4.05. The Morgan fingerprint density at radius 2 is 1.94 bits per heavy atom. The third-order valence-corrected chi connectivity index (χ3v) is 5.03. The van der Waals surface area contributed by atoms with Crippen molar-refractivity contribution in [3.8, 4) is 0 Å². The molecule has 18 heavy (non-hydrogen) atoms. The Morgan fingerprint density at radius 3 is 2.67 bits per heavy atom. The number of fused-ring (bicyclic) bond motifs is 1. The van der Waals surface area contributed by atoms with E-state index in [2.05, 4.69) is 11.8 Å². The molecule has 1 aliphatic carbocycles. The molecule has 1 saturated heterocycles. The summed E-state index contributed by atoms with van der Waals surface area (Å²) >= 11 is 0. The minimum atomic E-state index is -0.707. The minimum Gasteiger partial charge on any atom is -0.389 e. The van der Waals surface area contributed by atoms with Crippen molar-refractivity contribution in [2.45, 2.75) is 76.5 Å². The van der Waals surface area contributed by atoms with E-state index in [0.29, 0.717) is 12.6 Å². The zero-order valence-corrected chi connectivity index (χ0v) is 12.1. The van der Waals surface area contributed by atoms with Crippen LogP contribution in [0.3, 0.4) is 0 Å². The van der Waals surface area contributed by atoms with Crippen molar-refractivity contribution in [1.29, 1.82) is 0 Å². The van der Waals surface area contributed by atoms with E-state index in [4.69, 9.17) is 5.73 Å². The van der Waals surface area contributed by atoms with Gasteiger partial charge in [-0.1, -0.05) is 12.8 Å². The van der Waals surface area contributed by atoms with Crippen LogP contribution in [0.25, 0.3) is 0 Å². The average molecular weight is 254 g/mol. The molecule has 3 nitrogen and oxygen atoms in total.